The van der Waals surface area contributed by atoms with Crippen molar-refractivity contribution in [3.05, 3.63) is 18.2 Å². The highest BCUT2D eigenvalue weighted by atomic mass is 16.6. The van der Waals surface area contributed by atoms with Gasteiger partial charge in [-0.25, -0.2) is 19.1 Å². The monoisotopic (exact) mass is 816 g/mol. The maximum atomic E-state index is 14.5. The molecule has 334 valence electrons. The minimum atomic E-state index is -1.06. The predicted octanol–water partition coefficient (Wildman–Crippen LogP) is 11.4. The summed E-state index contributed by atoms with van der Waals surface area (Å²) in [5.74, 6) is -0.229. The molecule has 0 aliphatic carbocycles. The van der Waals surface area contributed by atoms with Gasteiger partial charge in [-0.15, -0.1) is 0 Å². The number of unbranched alkanes of at least 4 members (excludes halogenated alkanes) is 19. The second-order valence-corrected chi connectivity index (χ2v) is 19.0. The second kappa shape index (κ2) is 27.6. The van der Waals surface area contributed by atoms with Gasteiger partial charge in [0.05, 0.1) is 5.69 Å². The molecule has 0 saturated carbocycles. The lowest BCUT2D eigenvalue weighted by molar-refractivity contribution is -0.145. The summed E-state index contributed by atoms with van der Waals surface area (Å²) >= 11 is 0. The van der Waals surface area contributed by atoms with Crippen LogP contribution in [0, 0.1) is 5.92 Å². The van der Waals surface area contributed by atoms with Gasteiger partial charge in [-0.3, -0.25) is 9.59 Å². The number of nitrogens with zero attached hydrogens (tertiary/aromatic N) is 4. The Balaban J connectivity index is 2.16. The predicted molar refractivity (Wildman–Crippen MR) is 235 cm³/mol. The van der Waals surface area contributed by atoms with E-state index in [0.717, 1.165) is 25.7 Å². The van der Waals surface area contributed by atoms with Gasteiger partial charge >= 0.3 is 12.2 Å². The Morgan fingerprint density at radius 1 is 0.724 bits per heavy atom. The molecule has 1 fully saturated rings. The SMILES string of the molecule is CCCCCCCCCCCCCN(CCCCCCCCCCCC)C(=O)[C@@H]1C[C@H](C)CN1C(=O)[C@H](Cc1cn(C(=O)OC(C)(C)C)cn1)NC(=O)OC(C)(C)C. The average Bonchev–Trinajstić information content (AvgIpc) is 3.78. The summed E-state index contributed by atoms with van der Waals surface area (Å²) in [4.78, 5) is 63.0. The van der Waals surface area contributed by atoms with Gasteiger partial charge in [0.25, 0.3) is 0 Å². The van der Waals surface area contributed by atoms with E-state index in [2.05, 4.69) is 31.1 Å². The lowest BCUT2D eigenvalue weighted by Crippen LogP contribution is -2.55. The van der Waals surface area contributed by atoms with E-state index in [1.165, 1.54) is 126 Å². The number of rotatable bonds is 28. The van der Waals surface area contributed by atoms with Gasteiger partial charge in [0.1, 0.15) is 29.6 Å². The third-order valence-electron chi connectivity index (χ3n) is 10.8. The fourth-order valence-electron chi connectivity index (χ4n) is 7.77. The van der Waals surface area contributed by atoms with Gasteiger partial charge < -0.3 is 24.6 Å². The Morgan fingerprint density at radius 2 is 1.17 bits per heavy atom. The zero-order valence-electron chi connectivity index (χ0n) is 38.5. The molecule has 3 amide bonds. The molecule has 0 bridgehead atoms. The quantitative estimate of drug-likeness (QED) is 0.0835. The molecular formula is C47H85N5O6. The number of hydrogen-bond donors (Lipinski definition) is 1. The number of carbonyl (C=O) groups excluding carboxylic acids is 4. The summed E-state index contributed by atoms with van der Waals surface area (Å²) in [5, 5.41) is 2.78. The van der Waals surface area contributed by atoms with Gasteiger partial charge in [0.15, 0.2) is 0 Å². The summed E-state index contributed by atoms with van der Waals surface area (Å²) in [6.45, 7) is 19.0. The van der Waals surface area contributed by atoms with E-state index in [-0.39, 0.29) is 24.2 Å². The molecule has 58 heavy (non-hydrogen) atoms. The fourth-order valence-corrected chi connectivity index (χ4v) is 7.77. The fraction of sp³-hybridized carbons (Fsp3) is 0.851. The largest absolute Gasteiger partial charge is 0.444 e. The van der Waals surface area contributed by atoms with E-state index in [4.69, 9.17) is 9.47 Å². The molecule has 11 nitrogen and oxygen atoms in total. The minimum Gasteiger partial charge on any atom is -0.444 e. The Morgan fingerprint density at radius 3 is 1.62 bits per heavy atom. The number of imidazole rings is 1. The molecular weight excluding hydrogens is 731 g/mol. The van der Waals surface area contributed by atoms with Crippen molar-refractivity contribution in [3.63, 3.8) is 0 Å². The van der Waals surface area contributed by atoms with Crippen LogP contribution in [-0.2, 0) is 25.5 Å². The highest BCUT2D eigenvalue weighted by Gasteiger charge is 2.42. The zero-order chi connectivity index (χ0) is 43.0. The molecule has 1 N–H and O–H groups in total. The first-order valence-electron chi connectivity index (χ1n) is 23.4. The molecule has 2 heterocycles. The number of carbonyl (C=O) groups is 4. The normalized spacial score (nSPS) is 16.3. The zero-order valence-corrected chi connectivity index (χ0v) is 38.5. The van der Waals surface area contributed by atoms with Crippen molar-refractivity contribution in [1.82, 2.24) is 24.7 Å². The number of alkyl carbamates (subject to hydrolysis) is 1. The van der Waals surface area contributed by atoms with Gasteiger partial charge in [0.2, 0.25) is 11.8 Å². The van der Waals surface area contributed by atoms with E-state index < -0.39 is 35.5 Å². The average molecular weight is 816 g/mol. The molecule has 2 rings (SSSR count). The Labute approximate surface area is 353 Å². The van der Waals surface area contributed by atoms with E-state index in [1.54, 1.807) is 46.4 Å². The standard InChI is InChI=1S/C47H85N5O6/c1-10-12-14-16-18-20-22-24-26-28-30-32-50(31-29-27-25-23-21-19-17-15-13-11-2)43(54)41-33-38(3)35-52(41)42(53)40(49-44(55)57-46(4,5)6)34-39-36-51(37-48-39)45(56)58-47(7,8)9/h36-38,40-41H,10-35H2,1-9H3,(H,49,55)/t38-,40-,41-/m0/s1. The number of hydrogen-bond acceptors (Lipinski definition) is 7. The molecule has 3 atom stereocenters. The van der Waals surface area contributed by atoms with Crippen LogP contribution in [0.4, 0.5) is 9.59 Å². The van der Waals surface area contributed by atoms with Crippen LogP contribution < -0.4 is 5.32 Å². The van der Waals surface area contributed by atoms with E-state index in [0.29, 0.717) is 31.7 Å². The summed E-state index contributed by atoms with van der Waals surface area (Å²) in [6.07, 6.45) is 28.2. The van der Waals surface area contributed by atoms with Crippen LogP contribution in [0.15, 0.2) is 12.5 Å². The van der Waals surface area contributed by atoms with Crippen molar-refractivity contribution in [3.8, 4) is 0 Å². The van der Waals surface area contributed by atoms with Crippen molar-refractivity contribution in [2.45, 2.75) is 233 Å². The van der Waals surface area contributed by atoms with Crippen molar-refractivity contribution >= 4 is 24.0 Å². The second-order valence-electron chi connectivity index (χ2n) is 19.0. The van der Waals surface area contributed by atoms with Crippen molar-refractivity contribution in [2.24, 2.45) is 5.92 Å². The molecule has 1 aromatic heterocycles. The maximum Gasteiger partial charge on any atom is 0.419 e. The topological polar surface area (TPSA) is 123 Å². The third kappa shape index (κ3) is 21.8. The van der Waals surface area contributed by atoms with E-state index >= 15 is 0 Å². The van der Waals surface area contributed by atoms with Crippen LogP contribution >= 0.6 is 0 Å². The van der Waals surface area contributed by atoms with Crippen LogP contribution in [0.1, 0.15) is 209 Å². The third-order valence-corrected chi connectivity index (χ3v) is 10.8. The lowest BCUT2D eigenvalue weighted by Gasteiger charge is -2.33. The Bertz CT molecular complexity index is 1320. The number of nitrogens with one attached hydrogen (secondary N) is 1. The van der Waals surface area contributed by atoms with Crippen molar-refractivity contribution < 1.29 is 28.7 Å². The molecule has 1 aliphatic rings. The first-order valence-corrected chi connectivity index (χ1v) is 23.4. The molecule has 1 aliphatic heterocycles. The molecule has 0 aromatic carbocycles. The molecule has 11 heteroatoms. The van der Waals surface area contributed by atoms with Crippen LogP contribution in [0.25, 0.3) is 0 Å². The number of ether oxygens (including phenoxy) is 2. The van der Waals surface area contributed by atoms with Gasteiger partial charge in [-0.05, 0) is 66.7 Å². The van der Waals surface area contributed by atoms with Crippen LogP contribution in [-0.4, -0.2) is 86.3 Å². The van der Waals surface area contributed by atoms with Crippen molar-refractivity contribution in [2.75, 3.05) is 19.6 Å². The smallest absolute Gasteiger partial charge is 0.419 e. The molecule has 1 saturated heterocycles. The molecule has 0 unspecified atom stereocenters. The van der Waals surface area contributed by atoms with Gasteiger partial charge in [0, 0.05) is 32.3 Å². The summed E-state index contributed by atoms with van der Waals surface area (Å²) in [6, 6.07) is -1.67. The molecule has 0 radical (unpaired) electrons. The molecule has 0 spiro atoms. The lowest BCUT2D eigenvalue weighted by atomic mass is 10.0. The van der Waals surface area contributed by atoms with Crippen LogP contribution in [0.5, 0.6) is 0 Å². The highest BCUT2D eigenvalue weighted by Crippen LogP contribution is 2.27. The minimum absolute atomic E-state index is 0.00549. The number of amides is 3. The van der Waals surface area contributed by atoms with Crippen molar-refractivity contribution in [1.29, 1.82) is 0 Å². The van der Waals surface area contributed by atoms with E-state index in [9.17, 15) is 19.2 Å². The maximum absolute atomic E-state index is 14.5. The van der Waals surface area contributed by atoms with Crippen LogP contribution in [0.2, 0.25) is 0 Å². The van der Waals surface area contributed by atoms with Gasteiger partial charge in [-0.1, -0.05) is 143 Å². The number of aromatic nitrogens is 2. The summed E-state index contributed by atoms with van der Waals surface area (Å²) < 4.78 is 12.3. The van der Waals surface area contributed by atoms with Crippen LogP contribution in [0.3, 0.4) is 0 Å². The first-order chi connectivity index (χ1) is 27.5. The molecule has 1 aromatic rings. The Kier molecular flexibility index (Phi) is 24.3. The van der Waals surface area contributed by atoms with E-state index in [1.807, 2.05) is 4.90 Å². The van der Waals surface area contributed by atoms with Gasteiger partial charge in [-0.2, -0.15) is 0 Å². The summed E-state index contributed by atoms with van der Waals surface area (Å²) in [5.41, 5.74) is -1.05. The summed E-state index contributed by atoms with van der Waals surface area (Å²) in [7, 11) is 0. The number of likely N-dealkylation sites (tertiary alicyclic amines) is 1. The Hall–Kier alpha value is -3.11. The highest BCUT2D eigenvalue weighted by molar-refractivity contribution is 5.92. The first kappa shape index (κ1) is 51.0.